The quantitative estimate of drug-likeness (QED) is 0.661. The first-order chi connectivity index (χ1) is 6.79. The zero-order valence-electron chi connectivity index (χ0n) is 9.44. The molecule has 2 rings (SSSR count). The van der Waals surface area contributed by atoms with Gasteiger partial charge in [0.15, 0.2) is 0 Å². The molecule has 1 heterocycles. The van der Waals surface area contributed by atoms with Crippen LogP contribution in [0, 0.1) is 0 Å². The smallest absolute Gasteiger partial charge is 0.0292 e. The Bertz CT molecular complexity index is 165. The lowest BCUT2D eigenvalue weighted by molar-refractivity contribution is 0.312. The molecule has 1 aliphatic heterocycles. The fourth-order valence-electron chi connectivity index (χ4n) is 2.86. The van der Waals surface area contributed by atoms with E-state index < -0.39 is 0 Å². The van der Waals surface area contributed by atoms with Crippen molar-refractivity contribution in [2.24, 2.45) is 0 Å². The van der Waals surface area contributed by atoms with Gasteiger partial charge in [-0.1, -0.05) is 25.7 Å². The van der Waals surface area contributed by atoms with Gasteiger partial charge in [-0.15, -0.1) is 0 Å². The molecule has 2 heteroatoms. The summed E-state index contributed by atoms with van der Waals surface area (Å²) in [6.07, 6.45) is 9.86. The van der Waals surface area contributed by atoms with Crippen molar-refractivity contribution in [2.45, 2.75) is 63.5 Å². The molecule has 1 atom stereocenters. The normalized spacial score (nSPS) is 35.8. The summed E-state index contributed by atoms with van der Waals surface area (Å²) in [6.45, 7) is 4.72. The molecule has 1 aliphatic carbocycles. The lowest BCUT2D eigenvalue weighted by atomic mass is 9.98. The van der Waals surface area contributed by atoms with E-state index in [2.05, 4.69) is 17.6 Å². The van der Waals surface area contributed by atoms with Gasteiger partial charge in [0.05, 0.1) is 0 Å². The van der Waals surface area contributed by atoms with Gasteiger partial charge in [0.1, 0.15) is 0 Å². The number of hydrogen-bond acceptors (Lipinski definition) is 2. The standard InChI is InChI=1S/C12H24N2/c1-12(8-9-13-10-12)14-11-6-4-2-3-5-7-11/h11,13-14H,2-10H2,1H3. The molecule has 82 valence electrons. The second-order valence-corrected chi connectivity index (χ2v) is 5.32. The van der Waals surface area contributed by atoms with Crippen LogP contribution in [0.15, 0.2) is 0 Å². The van der Waals surface area contributed by atoms with Crippen LogP contribution in [0.2, 0.25) is 0 Å². The summed E-state index contributed by atoms with van der Waals surface area (Å²) in [4.78, 5) is 0. The summed E-state index contributed by atoms with van der Waals surface area (Å²) in [7, 11) is 0. The fraction of sp³-hybridized carbons (Fsp3) is 1.00. The van der Waals surface area contributed by atoms with Gasteiger partial charge in [-0.3, -0.25) is 0 Å². The Morgan fingerprint density at radius 1 is 1.14 bits per heavy atom. The first kappa shape index (κ1) is 10.4. The highest BCUT2D eigenvalue weighted by Crippen LogP contribution is 2.21. The van der Waals surface area contributed by atoms with Crippen LogP contribution in [0.1, 0.15) is 51.9 Å². The molecule has 0 bridgehead atoms. The van der Waals surface area contributed by atoms with E-state index in [0.29, 0.717) is 5.54 Å². The molecule has 0 aromatic carbocycles. The molecule has 2 aliphatic rings. The molecule has 14 heavy (non-hydrogen) atoms. The van der Waals surface area contributed by atoms with E-state index in [1.165, 1.54) is 51.5 Å². The van der Waals surface area contributed by atoms with Crippen molar-refractivity contribution in [2.75, 3.05) is 13.1 Å². The molecule has 1 unspecified atom stereocenters. The Balaban J connectivity index is 1.82. The first-order valence-corrected chi connectivity index (χ1v) is 6.27. The molecule has 0 radical (unpaired) electrons. The largest absolute Gasteiger partial charge is 0.315 e. The number of hydrogen-bond donors (Lipinski definition) is 2. The van der Waals surface area contributed by atoms with Gasteiger partial charge in [-0.2, -0.15) is 0 Å². The lowest BCUT2D eigenvalue weighted by Gasteiger charge is -2.30. The van der Waals surface area contributed by atoms with Gasteiger partial charge in [0, 0.05) is 18.1 Å². The number of rotatable bonds is 2. The SMILES string of the molecule is CC1(NC2CCCCCC2)CCNC1. The minimum absolute atomic E-state index is 0.384. The maximum atomic E-state index is 3.87. The monoisotopic (exact) mass is 196 g/mol. The van der Waals surface area contributed by atoms with Crippen LogP contribution in [-0.2, 0) is 0 Å². The summed E-state index contributed by atoms with van der Waals surface area (Å²) in [6, 6.07) is 0.794. The van der Waals surface area contributed by atoms with E-state index in [-0.39, 0.29) is 0 Å². The number of nitrogens with one attached hydrogen (secondary N) is 2. The Morgan fingerprint density at radius 3 is 2.43 bits per heavy atom. The average molecular weight is 196 g/mol. The minimum atomic E-state index is 0.384. The Kier molecular flexibility index (Phi) is 3.45. The van der Waals surface area contributed by atoms with Crippen LogP contribution in [-0.4, -0.2) is 24.7 Å². The highest BCUT2D eigenvalue weighted by Gasteiger charge is 2.30. The molecule has 0 spiro atoms. The van der Waals surface area contributed by atoms with Gasteiger partial charge in [0.25, 0.3) is 0 Å². The molecule has 0 aromatic rings. The molecule has 2 N–H and O–H groups in total. The maximum absolute atomic E-state index is 3.87. The highest BCUT2D eigenvalue weighted by atomic mass is 15.1. The summed E-state index contributed by atoms with van der Waals surface area (Å²) < 4.78 is 0. The lowest BCUT2D eigenvalue weighted by Crippen LogP contribution is -2.49. The van der Waals surface area contributed by atoms with Gasteiger partial charge in [-0.05, 0) is 32.7 Å². The molecule has 2 fully saturated rings. The van der Waals surface area contributed by atoms with Crippen molar-refractivity contribution in [3.8, 4) is 0 Å². The molecule has 1 saturated heterocycles. The topological polar surface area (TPSA) is 24.1 Å². The van der Waals surface area contributed by atoms with Crippen molar-refractivity contribution in [1.82, 2.24) is 10.6 Å². The van der Waals surface area contributed by atoms with Crippen molar-refractivity contribution in [3.63, 3.8) is 0 Å². The van der Waals surface area contributed by atoms with Crippen LogP contribution in [0.3, 0.4) is 0 Å². The third-order valence-electron chi connectivity index (χ3n) is 3.78. The van der Waals surface area contributed by atoms with Crippen molar-refractivity contribution in [3.05, 3.63) is 0 Å². The molecular weight excluding hydrogens is 172 g/mol. The van der Waals surface area contributed by atoms with Gasteiger partial charge < -0.3 is 10.6 Å². The van der Waals surface area contributed by atoms with Crippen LogP contribution < -0.4 is 10.6 Å². The van der Waals surface area contributed by atoms with Gasteiger partial charge in [-0.25, -0.2) is 0 Å². The van der Waals surface area contributed by atoms with Crippen LogP contribution in [0.4, 0.5) is 0 Å². The zero-order valence-corrected chi connectivity index (χ0v) is 9.44. The van der Waals surface area contributed by atoms with E-state index in [4.69, 9.17) is 0 Å². The third kappa shape index (κ3) is 2.71. The maximum Gasteiger partial charge on any atom is 0.0292 e. The summed E-state index contributed by atoms with van der Waals surface area (Å²) >= 11 is 0. The average Bonchev–Trinajstić information content (AvgIpc) is 2.43. The summed E-state index contributed by atoms with van der Waals surface area (Å²) in [5, 5.41) is 7.33. The molecule has 2 nitrogen and oxygen atoms in total. The van der Waals surface area contributed by atoms with Crippen LogP contribution >= 0.6 is 0 Å². The Morgan fingerprint density at radius 2 is 1.86 bits per heavy atom. The highest BCUT2D eigenvalue weighted by molar-refractivity contribution is 4.94. The molecule has 0 amide bonds. The van der Waals surface area contributed by atoms with Crippen LogP contribution in [0.25, 0.3) is 0 Å². The van der Waals surface area contributed by atoms with E-state index in [1.54, 1.807) is 0 Å². The van der Waals surface area contributed by atoms with E-state index in [0.717, 1.165) is 12.6 Å². The van der Waals surface area contributed by atoms with Gasteiger partial charge >= 0.3 is 0 Å². The predicted octanol–water partition coefficient (Wildman–Crippen LogP) is 2.05. The van der Waals surface area contributed by atoms with Crippen molar-refractivity contribution >= 4 is 0 Å². The second-order valence-electron chi connectivity index (χ2n) is 5.32. The molecule has 1 saturated carbocycles. The molecular formula is C12H24N2. The summed E-state index contributed by atoms with van der Waals surface area (Å²) in [5.74, 6) is 0. The van der Waals surface area contributed by atoms with E-state index >= 15 is 0 Å². The second kappa shape index (κ2) is 4.63. The Hall–Kier alpha value is -0.0800. The fourth-order valence-corrected chi connectivity index (χ4v) is 2.86. The van der Waals surface area contributed by atoms with Crippen molar-refractivity contribution < 1.29 is 0 Å². The van der Waals surface area contributed by atoms with Gasteiger partial charge in [0.2, 0.25) is 0 Å². The zero-order chi connectivity index (χ0) is 9.86. The minimum Gasteiger partial charge on any atom is -0.315 e. The van der Waals surface area contributed by atoms with E-state index in [1.807, 2.05) is 0 Å². The Labute approximate surface area is 87.8 Å². The van der Waals surface area contributed by atoms with E-state index in [9.17, 15) is 0 Å². The third-order valence-corrected chi connectivity index (χ3v) is 3.78. The summed E-state index contributed by atoms with van der Waals surface area (Å²) in [5.41, 5.74) is 0.384. The molecule has 0 aromatic heterocycles. The van der Waals surface area contributed by atoms with Crippen LogP contribution in [0.5, 0.6) is 0 Å². The predicted molar refractivity (Wildman–Crippen MR) is 60.5 cm³/mol. The van der Waals surface area contributed by atoms with Crippen molar-refractivity contribution in [1.29, 1.82) is 0 Å². The first-order valence-electron chi connectivity index (χ1n) is 6.27.